The highest BCUT2D eigenvalue weighted by atomic mass is 19.4. The van der Waals surface area contributed by atoms with Crippen molar-refractivity contribution in [3.63, 3.8) is 0 Å². The second kappa shape index (κ2) is 6.20. The number of rotatable bonds is 2. The Hall–Kier alpha value is -2.76. The minimum absolute atomic E-state index is 0.0781. The van der Waals surface area contributed by atoms with Crippen LogP contribution in [0.4, 0.5) is 24.5 Å². The van der Waals surface area contributed by atoms with E-state index in [1.165, 1.54) is 12.3 Å². The molecule has 0 fully saturated rings. The number of hydrogen-bond acceptors (Lipinski definition) is 3. The highest BCUT2D eigenvalue weighted by Crippen LogP contribution is 2.39. The van der Waals surface area contributed by atoms with Crippen molar-refractivity contribution in [2.45, 2.75) is 32.4 Å². The topological polar surface area (TPSA) is 45.1 Å². The zero-order valence-corrected chi connectivity index (χ0v) is 14.6. The quantitative estimate of drug-likeness (QED) is 0.551. The molecular weight excluding hydrogens is 341 g/mol. The maximum atomic E-state index is 12.9. The van der Waals surface area contributed by atoms with Gasteiger partial charge in [-0.05, 0) is 35.2 Å². The van der Waals surface area contributed by atoms with Gasteiger partial charge in [0.2, 0.25) is 0 Å². The number of alkyl halides is 3. The van der Waals surface area contributed by atoms with E-state index in [4.69, 9.17) is 0 Å². The second-order valence-electron chi connectivity index (χ2n) is 7.16. The lowest BCUT2D eigenvalue weighted by molar-refractivity contribution is -0.137. The Kier molecular flexibility index (Phi) is 4.30. The number of fused-ring (bicyclic) bond motifs is 1. The predicted octanol–water partition coefficient (Wildman–Crippen LogP) is 6.00. The zero-order valence-electron chi connectivity index (χ0n) is 14.6. The molecule has 0 spiro atoms. The first-order chi connectivity index (χ1) is 12.1. The third-order valence-corrected chi connectivity index (χ3v) is 4.18. The van der Waals surface area contributed by atoms with E-state index in [0.29, 0.717) is 16.8 Å². The fourth-order valence-electron chi connectivity index (χ4n) is 2.86. The molecule has 0 atom stereocenters. The first kappa shape index (κ1) is 18.0. The predicted molar refractivity (Wildman–Crippen MR) is 96.8 cm³/mol. The van der Waals surface area contributed by atoms with Crippen molar-refractivity contribution >= 4 is 22.3 Å². The molecule has 1 heterocycles. The summed E-state index contributed by atoms with van der Waals surface area (Å²) < 4.78 is 38.8. The van der Waals surface area contributed by atoms with Crippen molar-refractivity contribution in [1.29, 1.82) is 0 Å². The van der Waals surface area contributed by atoms with Gasteiger partial charge in [0.25, 0.3) is 0 Å². The number of hydrogen-bond donors (Lipinski definition) is 2. The molecule has 0 bridgehead atoms. The smallest absolute Gasteiger partial charge is 0.416 e. The summed E-state index contributed by atoms with van der Waals surface area (Å²) in [6.45, 7) is 6.06. The summed E-state index contributed by atoms with van der Waals surface area (Å²) >= 11 is 0. The fraction of sp³-hybridized carbons (Fsp3) is 0.250. The minimum Gasteiger partial charge on any atom is -0.506 e. The summed E-state index contributed by atoms with van der Waals surface area (Å²) in [7, 11) is 0. The lowest BCUT2D eigenvalue weighted by atomic mass is 9.85. The molecule has 0 saturated heterocycles. The monoisotopic (exact) mass is 360 g/mol. The largest absolute Gasteiger partial charge is 0.506 e. The Bertz CT molecular complexity index is 959. The van der Waals surface area contributed by atoms with E-state index in [1.54, 1.807) is 18.2 Å². The van der Waals surface area contributed by atoms with E-state index in [2.05, 4.69) is 10.3 Å². The number of halogens is 3. The third kappa shape index (κ3) is 3.45. The molecule has 3 nitrogen and oxygen atoms in total. The molecule has 0 radical (unpaired) electrons. The maximum Gasteiger partial charge on any atom is 0.416 e. The van der Waals surface area contributed by atoms with Crippen LogP contribution in [0.15, 0.2) is 48.7 Å². The van der Waals surface area contributed by atoms with Crippen LogP contribution in [0, 0.1) is 0 Å². The number of nitrogens with zero attached hydrogens (tertiary/aromatic N) is 1. The van der Waals surface area contributed by atoms with Crippen LogP contribution in [0.25, 0.3) is 10.9 Å². The number of phenolic OH excluding ortho intramolecular Hbond substituents is 1. The standard InChI is InChI=1S/C20H19F3N2O/c1-19(2,3)14-5-4-6-17(26)18(14)25-15-9-10-24-16-11-12(20(21,22)23)7-8-13(15)16/h4-11,26H,1-3H3,(H,24,25). The summed E-state index contributed by atoms with van der Waals surface area (Å²) in [4.78, 5) is 4.05. The molecule has 26 heavy (non-hydrogen) atoms. The third-order valence-electron chi connectivity index (χ3n) is 4.18. The second-order valence-corrected chi connectivity index (χ2v) is 7.16. The molecule has 0 aliphatic heterocycles. The Morgan fingerprint density at radius 3 is 2.38 bits per heavy atom. The van der Waals surface area contributed by atoms with Gasteiger partial charge in [-0.25, -0.2) is 0 Å². The van der Waals surface area contributed by atoms with E-state index < -0.39 is 11.7 Å². The van der Waals surface area contributed by atoms with Crippen LogP contribution in [0.3, 0.4) is 0 Å². The first-order valence-corrected chi connectivity index (χ1v) is 8.13. The van der Waals surface area contributed by atoms with E-state index >= 15 is 0 Å². The minimum atomic E-state index is -4.42. The van der Waals surface area contributed by atoms with Crippen molar-refractivity contribution in [1.82, 2.24) is 4.98 Å². The Balaban J connectivity index is 2.11. The fourth-order valence-corrected chi connectivity index (χ4v) is 2.86. The van der Waals surface area contributed by atoms with Crippen molar-refractivity contribution in [2.75, 3.05) is 5.32 Å². The van der Waals surface area contributed by atoms with Crippen LogP contribution in [-0.4, -0.2) is 10.1 Å². The van der Waals surface area contributed by atoms with Gasteiger partial charge < -0.3 is 10.4 Å². The van der Waals surface area contributed by atoms with Crippen molar-refractivity contribution in [2.24, 2.45) is 0 Å². The highest BCUT2D eigenvalue weighted by Gasteiger charge is 2.30. The molecule has 136 valence electrons. The number of pyridine rings is 1. The van der Waals surface area contributed by atoms with Crippen molar-refractivity contribution in [3.05, 3.63) is 59.8 Å². The number of phenols is 1. The van der Waals surface area contributed by atoms with E-state index in [-0.39, 0.29) is 16.7 Å². The van der Waals surface area contributed by atoms with E-state index in [1.807, 2.05) is 26.8 Å². The molecule has 0 unspecified atom stereocenters. The summed E-state index contributed by atoms with van der Waals surface area (Å²) in [5.41, 5.74) is 1.27. The van der Waals surface area contributed by atoms with Crippen molar-refractivity contribution in [3.8, 4) is 5.75 Å². The number of para-hydroxylation sites is 1. The van der Waals surface area contributed by atoms with Gasteiger partial charge in [-0.15, -0.1) is 0 Å². The molecule has 6 heteroatoms. The molecule has 1 aromatic heterocycles. The number of aromatic nitrogens is 1. The van der Waals surface area contributed by atoms with Gasteiger partial charge in [0.05, 0.1) is 16.8 Å². The van der Waals surface area contributed by atoms with Gasteiger partial charge in [0.1, 0.15) is 5.75 Å². The molecule has 0 aliphatic rings. The van der Waals surface area contributed by atoms with Gasteiger partial charge in [-0.1, -0.05) is 39.0 Å². The number of anilines is 2. The average Bonchev–Trinajstić information content (AvgIpc) is 2.54. The van der Waals surface area contributed by atoms with Crippen LogP contribution in [0.2, 0.25) is 0 Å². The van der Waals surface area contributed by atoms with Crippen LogP contribution in [0.1, 0.15) is 31.9 Å². The number of nitrogens with one attached hydrogen (secondary N) is 1. The van der Waals surface area contributed by atoms with E-state index in [9.17, 15) is 18.3 Å². The lowest BCUT2D eigenvalue weighted by Crippen LogP contribution is -2.13. The SMILES string of the molecule is CC(C)(C)c1cccc(O)c1Nc1ccnc2cc(C(F)(F)F)ccc12. The summed E-state index contributed by atoms with van der Waals surface area (Å²) in [5.74, 6) is 0.0781. The number of benzene rings is 2. The molecule has 2 aromatic carbocycles. The van der Waals surface area contributed by atoms with Gasteiger partial charge in [-0.2, -0.15) is 13.2 Å². The van der Waals surface area contributed by atoms with Gasteiger partial charge in [-0.3, -0.25) is 4.98 Å². The Morgan fingerprint density at radius 2 is 1.73 bits per heavy atom. The summed E-state index contributed by atoms with van der Waals surface area (Å²) in [6.07, 6.45) is -2.97. The normalized spacial score (nSPS) is 12.4. The molecule has 3 rings (SSSR count). The molecule has 0 amide bonds. The Morgan fingerprint density at radius 1 is 1.00 bits per heavy atom. The lowest BCUT2D eigenvalue weighted by Gasteiger charge is -2.24. The first-order valence-electron chi connectivity index (χ1n) is 8.13. The van der Waals surface area contributed by atoms with Gasteiger partial charge in [0.15, 0.2) is 0 Å². The molecular formula is C20H19F3N2O. The molecule has 0 saturated carbocycles. The van der Waals surface area contributed by atoms with Crippen LogP contribution in [0.5, 0.6) is 5.75 Å². The Labute approximate surface area is 149 Å². The molecule has 0 aliphatic carbocycles. The maximum absolute atomic E-state index is 12.9. The van der Waals surface area contributed by atoms with Crippen LogP contribution in [-0.2, 0) is 11.6 Å². The number of aromatic hydroxyl groups is 1. The summed E-state index contributed by atoms with van der Waals surface area (Å²) in [5, 5.41) is 14.0. The summed E-state index contributed by atoms with van der Waals surface area (Å²) in [6, 6.07) is 10.4. The van der Waals surface area contributed by atoms with Crippen LogP contribution >= 0.6 is 0 Å². The van der Waals surface area contributed by atoms with Crippen molar-refractivity contribution < 1.29 is 18.3 Å². The highest BCUT2D eigenvalue weighted by molar-refractivity contribution is 5.94. The average molecular weight is 360 g/mol. The zero-order chi connectivity index (χ0) is 19.1. The molecule has 2 N–H and O–H groups in total. The molecule has 3 aromatic rings. The van der Waals surface area contributed by atoms with E-state index in [0.717, 1.165) is 17.7 Å². The van der Waals surface area contributed by atoms with Gasteiger partial charge >= 0.3 is 6.18 Å². The van der Waals surface area contributed by atoms with Gasteiger partial charge in [0, 0.05) is 17.3 Å². The van der Waals surface area contributed by atoms with Crippen LogP contribution < -0.4 is 5.32 Å².